The molecule has 0 fully saturated rings. The predicted molar refractivity (Wildman–Crippen MR) is 68.7 cm³/mol. The van der Waals surface area contributed by atoms with Gasteiger partial charge in [-0.2, -0.15) is 0 Å². The maximum absolute atomic E-state index is 11.9. The van der Waals surface area contributed by atoms with E-state index in [4.69, 9.17) is 5.11 Å². The van der Waals surface area contributed by atoms with Crippen molar-refractivity contribution >= 4 is 18.0 Å². The Labute approximate surface area is 112 Å². The van der Waals surface area contributed by atoms with Crippen LogP contribution in [0.15, 0.2) is 0 Å². The van der Waals surface area contributed by atoms with Crippen LogP contribution in [0, 0.1) is 0 Å². The summed E-state index contributed by atoms with van der Waals surface area (Å²) >= 11 is 0. The third-order valence-electron chi connectivity index (χ3n) is 2.60. The van der Waals surface area contributed by atoms with Crippen LogP contribution in [-0.2, 0) is 14.3 Å². The summed E-state index contributed by atoms with van der Waals surface area (Å²) in [7, 11) is 1.25. The number of esters is 1. The smallest absolute Gasteiger partial charge is 0.325 e. The van der Waals surface area contributed by atoms with Gasteiger partial charge >= 0.3 is 18.0 Å². The SMILES string of the molecule is CCCC(CC(=O)O)NC(=O)N(CC)CC(=O)OC. The van der Waals surface area contributed by atoms with E-state index in [0.717, 1.165) is 6.42 Å². The number of rotatable bonds is 8. The fraction of sp³-hybridized carbons (Fsp3) is 0.750. The molecule has 2 amide bonds. The van der Waals surface area contributed by atoms with Crippen molar-refractivity contribution < 1.29 is 24.2 Å². The molecule has 0 rings (SSSR count). The monoisotopic (exact) mass is 274 g/mol. The normalized spacial score (nSPS) is 11.5. The molecule has 1 atom stereocenters. The summed E-state index contributed by atoms with van der Waals surface area (Å²) in [5, 5.41) is 11.4. The van der Waals surface area contributed by atoms with Gasteiger partial charge in [-0.05, 0) is 13.3 Å². The zero-order valence-electron chi connectivity index (χ0n) is 11.6. The molecular weight excluding hydrogens is 252 g/mol. The van der Waals surface area contributed by atoms with Gasteiger partial charge in [-0.1, -0.05) is 13.3 Å². The molecule has 0 bridgehead atoms. The number of carbonyl (C=O) groups is 3. The Morgan fingerprint density at radius 2 is 1.95 bits per heavy atom. The molecule has 0 aliphatic carbocycles. The van der Waals surface area contributed by atoms with Crippen LogP contribution in [0.4, 0.5) is 4.79 Å². The van der Waals surface area contributed by atoms with Gasteiger partial charge in [-0.25, -0.2) is 4.79 Å². The standard InChI is InChI=1S/C12H22N2O5/c1-4-6-9(7-10(15)16)13-12(18)14(5-2)8-11(17)19-3/h9H,4-8H2,1-3H3,(H,13,18)(H,15,16). The number of methoxy groups -OCH3 is 1. The fourth-order valence-corrected chi connectivity index (χ4v) is 1.60. The van der Waals surface area contributed by atoms with Crippen molar-refractivity contribution in [1.29, 1.82) is 0 Å². The topological polar surface area (TPSA) is 95.9 Å². The van der Waals surface area contributed by atoms with Gasteiger partial charge in [0.2, 0.25) is 0 Å². The minimum Gasteiger partial charge on any atom is -0.481 e. The number of hydrogen-bond donors (Lipinski definition) is 2. The number of carboxylic acids is 1. The Hall–Kier alpha value is -1.79. The first-order valence-electron chi connectivity index (χ1n) is 6.28. The van der Waals surface area contributed by atoms with E-state index < -0.39 is 24.0 Å². The number of hydrogen-bond acceptors (Lipinski definition) is 4. The number of nitrogens with one attached hydrogen (secondary N) is 1. The quantitative estimate of drug-likeness (QED) is 0.639. The van der Waals surface area contributed by atoms with Crippen LogP contribution >= 0.6 is 0 Å². The molecule has 7 heteroatoms. The number of carboxylic acid groups (broad SMARTS) is 1. The maximum atomic E-state index is 11.9. The van der Waals surface area contributed by atoms with Crippen LogP contribution in [0.1, 0.15) is 33.1 Å². The van der Waals surface area contributed by atoms with Crippen molar-refractivity contribution in [3.8, 4) is 0 Å². The van der Waals surface area contributed by atoms with Gasteiger partial charge < -0.3 is 20.1 Å². The van der Waals surface area contributed by atoms with E-state index in [-0.39, 0.29) is 13.0 Å². The molecule has 0 aromatic heterocycles. The summed E-state index contributed by atoms with van der Waals surface area (Å²) in [5.74, 6) is -1.47. The number of ether oxygens (including phenoxy) is 1. The van der Waals surface area contributed by atoms with E-state index >= 15 is 0 Å². The van der Waals surface area contributed by atoms with Crippen molar-refractivity contribution in [2.45, 2.75) is 39.2 Å². The van der Waals surface area contributed by atoms with Crippen LogP contribution in [0.2, 0.25) is 0 Å². The Morgan fingerprint density at radius 1 is 1.32 bits per heavy atom. The van der Waals surface area contributed by atoms with Gasteiger partial charge in [0.25, 0.3) is 0 Å². The Kier molecular flexibility index (Phi) is 8.32. The molecule has 1 unspecified atom stereocenters. The number of carbonyl (C=O) groups excluding carboxylic acids is 2. The highest BCUT2D eigenvalue weighted by molar-refractivity contribution is 5.81. The van der Waals surface area contributed by atoms with Gasteiger partial charge in [0.1, 0.15) is 6.54 Å². The number of urea groups is 1. The van der Waals surface area contributed by atoms with Gasteiger partial charge in [-0.3, -0.25) is 9.59 Å². The average Bonchev–Trinajstić information content (AvgIpc) is 2.34. The summed E-state index contributed by atoms with van der Waals surface area (Å²) in [6, 6.07) is -0.880. The number of likely N-dealkylation sites (N-methyl/N-ethyl adjacent to an activating group) is 1. The van der Waals surface area contributed by atoms with Gasteiger partial charge in [0, 0.05) is 12.6 Å². The van der Waals surface area contributed by atoms with Crippen LogP contribution in [0.5, 0.6) is 0 Å². The molecule has 19 heavy (non-hydrogen) atoms. The molecule has 110 valence electrons. The van der Waals surface area contributed by atoms with Crippen molar-refractivity contribution in [1.82, 2.24) is 10.2 Å². The molecule has 0 aliphatic heterocycles. The zero-order chi connectivity index (χ0) is 14.8. The molecule has 0 saturated heterocycles. The first kappa shape index (κ1) is 17.2. The highest BCUT2D eigenvalue weighted by Gasteiger charge is 2.20. The Bertz CT molecular complexity index is 319. The highest BCUT2D eigenvalue weighted by Crippen LogP contribution is 2.03. The second-order valence-electron chi connectivity index (χ2n) is 4.12. The number of amides is 2. The first-order valence-corrected chi connectivity index (χ1v) is 6.28. The molecule has 0 heterocycles. The highest BCUT2D eigenvalue weighted by atomic mass is 16.5. The molecular formula is C12H22N2O5. The number of nitrogens with zero attached hydrogens (tertiary/aromatic N) is 1. The van der Waals surface area contributed by atoms with Crippen molar-refractivity contribution in [2.75, 3.05) is 20.2 Å². The molecule has 7 nitrogen and oxygen atoms in total. The summed E-state index contributed by atoms with van der Waals surface area (Å²) in [4.78, 5) is 35.0. The number of aliphatic carboxylic acids is 1. The second kappa shape index (κ2) is 9.18. The van der Waals surface area contributed by atoms with E-state index in [9.17, 15) is 14.4 Å². The third-order valence-corrected chi connectivity index (χ3v) is 2.60. The molecule has 0 saturated carbocycles. The summed E-state index contributed by atoms with van der Waals surface area (Å²) in [6.07, 6.45) is 1.21. The van der Waals surface area contributed by atoms with Crippen LogP contribution in [0.25, 0.3) is 0 Å². The van der Waals surface area contributed by atoms with E-state index in [1.54, 1.807) is 6.92 Å². The average molecular weight is 274 g/mol. The van der Waals surface area contributed by atoms with Crippen molar-refractivity contribution in [3.05, 3.63) is 0 Å². The van der Waals surface area contributed by atoms with Crippen LogP contribution in [0.3, 0.4) is 0 Å². The second-order valence-corrected chi connectivity index (χ2v) is 4.12. The molecule has 0 radical (unpaired) electrons. The first-order chi connectivity index (χ1) is 8.94. The largest absolute Gasteiger partial charge is 0.481 e. The molecule has 2 N–H and O–H groups in total. The Balaban J connectivity index is 4.49. The lowest BCUT2D eigenvalue weighted by Crippen LogP contribution is -2.47. The fourth-order valence-electron chi connectivity index (χ4n) is 1.60. The molecule has 0 aromatic carbocycles. The van der Waals surface area contributed by atoms with Gasteiger partial charge in [-0.15, -0.1) is 0 Å². The van der Waals surface area contributed by atoms with E-state index in [1.165, 1.54) is 12.0 Å². The van der Waals surface area contributed by atoms with E-state index in [2.05, 4.69) is 10.1 Å². The zero-order valence-corrected chi connectivity index (χ0v) is 11.6. The molecule has 0 aromatic rings. The van der Waals surface area contributed by atoms with Crippen molar-refractivity contribution in [3.63, 3.8) is 0 Å². The lowest BCUT2D eigenvalue weighted by molar-refractivity contribution is -0.141. The molecule has 0 spiro atoms. The van der Waals surface area contributed by atoms with E-state index in [1.807, 2.05) is 6.92 Å². The van der Waals surface area contributed by atoms with Crippen molar-refractivity contribution in [2.24, 2.45) is 0 Å². The summed E-state index contributed by atoms with van der Waals surface area (Å²) in [6.45, 7) is 3.83. The van der Waals surface area contributed by atoms with Gasteiger partial charge in [0.05, 0.1) is 13.5 Å². The van der Waals surface area contributed by atoms with Crippen LogP contribution < -0.4 is 5.32 Å². The van der Waals surface area contributed by atoms with Gasteiger partial charge in [0.15, 0.2) is 0 Å². The minimum atomic E-state index is -0.963. The summed E-state index contributed by atoms with van der Waals surface area (Å²) in [5.41, 5.74) is 0. The third kappa shape index (κ3) is 7.28. The maximum Gasteiger partial charge on any atom is 0.325 e. The Morgan fingerprint density at radius 3 is 2.37 bits per heavy atom. The van der Waals surface area contributed by atoms with Crippen LogP contribution in [-0.4, -0.2) is 54.2 Å². The molecule has 0 aliphatic rings. The predicted octanol–water partition coefficient (Wildman–Crippen LogP) is 0.834. The lowest BCUT2D eigenvalue weighted by atomic mass is 10.1. The van der Waals surface area contributed by atoms with E-state index in [0.29, 0.717) is 13.0 Å². The lowest BCUT2D eigenvalue weighted by Gasteiger charge is -2.23. The minimum absolute atomic E-state index is 0.130. The summed E-state index contributed by atoms with van der Waals surface area (Å²) < 4.78 is 4.50.